The van der Waals surface area contributed by atoms with Crippen LogP contribution in [0.25, 0.3) is 0 Å². The van der Waals surface area contributed by atoms with E-state index in [2.05, 4.69) is 36.2 Å². The summed E-state index contributed by atoms with van der Waals surface area (Å²) in [5, 5.41) is 3.06. The highest BCUT2D eigenvalue weighted by atomic mass is 35.5. The van der Waals surface area contributed by atoms with Crippen LogP contribution in [0.15, 0.2) is 35.8 Å². The summed E-state index contributed by atoms with van der Waals surface area (Å²) in [6.07, 6.45) is 2.61. The van der Waals surface area contributed by atoms with Gasteiger partial charge in [0.2, 0.25) is 0 Å². The lowest BCUT2D eigenvalue weighted by Crippen LogP contribution is -2.33. The van der Waals surface area contributed by atoms with E-state index in [-0.39, 0.29) is 5.41 Å². The van der Waals surface area contributed by atoms with E-state index in [9.17, 15) is 0 Å². The van der Waals surface area contributed by atoms with E-state index in [1.165, 1.54) is 11.1 Å². The second-order valence-corrected chi connectivity index (χ2v) is 6.03. The summed E-state index contributed by atoms with van der Waals surface area (Å²) in [5.41, 5.74) is 2.20. The Kier molecular flexibility index (Phi) is 4.66. The van der Waals surface area contributed by atoms with Crippen molar-refractivity contribution in [3.8, 4) is 0 Å². The van der Waals surface area contributed by atoms with E-state index in [0.29, 0.717) is 11.8 Å². The molecule has 0 spiro atoms. The van der Waals surface area contributed by atoms with Gasteiger partial charge in [0, 0.05) is 35.2 Å². The van der Waals surface area contributed by atoms with Crippen LogP contribution in [0, 0.1) is 6.92 Å². The SMILES string of the molecule is Cc1ccc(C(CCl)(CCl)Cc2nccs2)cc1. The molecule has 0 amide bonds. The Balaban J connectivity index is 2.33. The van der Waals surface area contributed by atoms with Gasteiger partial charge in [-0.05, 0) is 12.5 Å². The molecule has 0 saturated heterocycles. The average Bonchev–Trinajstić information content (AvgIpc) is 2.90. The van der Waals surface area contributed by atoms with E-state index >= 15 is 0 Å². The lowest BCUT2D eigenvalue weighted by molar-refractivity contribution is 0.535. The third-order valence-electron chi connectivity index (χ3n) is 3.15. The van der Waals surface area contributed by atoms with Crippen molar-refractivity contribution in [2.75, 3.05) is 11.8 Å². The lowest BCUT2D eigenvalue weighted by Gasteiger charge is -2.29. The van der Waals surface area contributed by atoms with Gasteiger partial charge in [-0.3, -0.25) is 0 Å². The molecule has 18 heavy (non-hydrogen) atoms. The van der Waals surface area contributed by atoms with Crippen molar-refractivity contribution in [1.82, 2.24) is 4.98 Å². The molecule has 1 aromatic carbocycles. The molecule has 0 radical (unpaired) electrons. The number of rotatable bonds is 5. The Morgan fingerprint density at radius 3 is 2.33 bits per heavy atom. The normalized spacial score (nSPS) is 11.7. The zero-order valence-corrected chi connectivity index (χ0v) is 12.5. The van der Waals surface area contributed by atoms with Crippen molar-refractivity contribution in [3.63, 3.8) is 0 Å². The maximum Gasteiger partial charge on any atom is 0.0934 e. The molecule has 0 unspecified atom stereocenters. The van der Waals surface area contributed by atoms with Crippen LogP contribution in [0.2, 0.25) is 0 Å². The molecule has 96 valence electrons. The molecule has 0 atom stereocenters. The molecule has 0 N–H and O–H groups in total. The Morgan fingerprint density at radius 2 is 1.83 bits per heavy atom. The Bertz CT molecular complexity index is 475. The summed E-state index contributed by atoms with van der Waals surface area (Å²) >= 11 is 14.1. The summed E-state index contributed by atoms with van der Waals surface area (Å²) in [4.78, 5) is 4.34. The van der Waals surface area contributed by atoms with Gasteiger partial charge in [-0.15, -0.1) is 34.5 Å². The average molecular weight is 300 g/mol. The number of hydrogen-bond donors (Lipinski definition) is 0. The van der Waals surface area contributed by atoms with Crippen LogP contribution in [-0.4, -0.2) is 16.7 Å². The lowest BCUT2D eigenvalue weighted by atomic mass is 9.81. The van der Waals surface area contributed by atoms with Crippen LogP contribution in [0.4, 0.5) is 0 Å². The third kappa shape index (κ3) is 2.87. The summed E-state index contributed by atoms with van der Waals surface area (Å²) < 4.78 is 0. The van der Waals surface area contributed by atoms with Crippen LogP contribution in [0.5, 0.6) is 0 Å². The molecule has 0 aliphatic carbocycles. The minimum Gasteiger partial charge on any atom is -0.250 e. The number of aromatic nitrogens is 1. The van der Waals surface area contributed by atoms with E-state index in [1.54, 1.807) is 11.3 Å². The van der Waals surface area contributed by atoms with Crippen LogP contribution in [0.3, 0.4) is 0 Å². The smallest absolute Gasteiger partial charge is 0.0934 e. The van der Waals surface area contributed by atoms with Gasteiger partial charge in [-0.1, -0.05) is 29.8 Å². The minimum atomic E-state index is -0.228. The number of halogens is 2. The summed E-state index contributed by atoms with van der Waals surface area (Å²) in [5.74, 6) is 0.998. The fourth-order valence-electron chi connectivity index (χ4n) is 1.92. The highest BCUT2D eigenvalue weighted by Crippen LogP contribution is 2.32. The van der Waals surface area contributed by atoms with Gasteiger partial charge in [0.1, 0.15) is 0 Å². The monoisotopic (exact) mass is 299 g/mol. The van der Waals surface area contributed by atoms with Gasteiger partial charge in [-0.25, -0.2) is 4.98 Å². The first-order valence-corrected chi connectivity index (χ1v) is 7.72. The first kappa shape index (κ1) is 13.9. The zero-order valence-electron chi connectivity index (χ0n) is 10.2. The van der Waals surface area contributed by atoms with E-state index in [4.69, 9.17) is 23.2 Å². The van der Waals surface area contributed by atoms with Crippen LogP contribution in [-0.2, 0) is 11.8 Å². The van der Waals surface area contributed by atoms with Crippen molar-refractivity contribution < 1.29 is 0 Å². The van der Waals surface area contributed by atoms with Crippen molar-refractivity contribution >= 4 is 34.5 Å². The molecule has 0 aliphatic rings. The van der Waals surface area contributed by atoms with Crippen LogP contribution >= 0.6 is 34.5 Å². The summed E-state index contributed by atoms with van der Waals surface area (Å²) in [7, 11) is 0. The Morgan fingerprint density at radius 1 is 1.17 bits per heavy atom. The van der Waals surface area contributed by atoms with Gasteiger partial charge in [0.15, 0.2) is 0 Å². The first-order valence-electron chi connectivity index (χ1n) is 5.78. The van der Waals surface area contributed by atoms with Crippen LogP contribution in [0.1, 0.15) is 16.1 Å². The number of alkyl halides is 2. The minimum absolute atomic E-state index is 0.228. The predicted octanol–water partition coefficient (Wildman–Crippen LogP) is 4.41. The third-order valence-corrected chi connectivity index (χ3v) is 4.95. The maximum absolute atomic E-state index is 6.21. The fraction of sp³-hybridized carbons (Fsp3) is 0.357. The molecule has 2 aromatic rings. The van der Waals surface area contributed by atoms with Gasteiger partial charge in [0.05, 0.1) is 5.01 Å². The number of hydrogen-bond acceptors (Lipinski definition) is 2. The highest BCUT2D eigenvalue weighted by Gasteiger charge is 2.31. The molecular formula is C14H15Cl2NS. The Labute approximate surface area is 122 Å². The van der Waals surface area contributed by atoms with Gasteiger partial charge in [-0.2, -0.15) is 0 Å². The largest absolute Gasteiger partial charge is 0.250 e. The van der Waals surface area contributed by atoms with Gasteiger partial charge < -0.3 is 0 Å². The maximum atomic E-state index is 6.21. The molecule has 0 bridgehead atoms. The van der Waals surface area contributed by atoms with E-state index in [0.717, 1.165) is 11.4 Å². The summed E-state index contributed by atoms with van der Waals surface area (Å²) in [6.45, 7) is 2.08. The van der Waals surface area contributed by atoms with Gasteiger partial charge >= 0.3 is 0 Å². The fourth-order valence-corrected chi connectivity index (χ4v) is 3.47. The quantitative estimate of drug-likeness (QED) is 0.745. The van der Waals surface area contributed by atoms with Gasteiger partial charge in [0.25, 0.3) is 0 Å². The zero-order chi connectivity index (χ0) is 13.0. The molecule has 1 aromatic heterocycles. The summed E-state index contributed by atoms with van der Waals surface area (Å²) in [6, 6.07) is 8.44. The molecule has 0 aliphatic heterocycles. The second-order valence-electron chi connectivity index (χ2n) is 4.52. The van der Waals surface area contributed by atoms with Crippen LogP contribution < -0.4 is 0 Å². The first-order chi connectivity index (χ1) is 8.70. The molecule has 4 heteroatoms. The van der Waals surface area contributed by atoms with Crippen molar-refractivity contribution in [1.29, 1.82) is 0 Å². The molecule has 1 heterocycles. The Hall–Kier alpha value is -0.570. The molecule has 0 fully saturated rings. The molecule has 2 rings (SSSR count). The van der Waals surface area contributed by atoms with Crippen molar-refractivity contribution in [2.24, 2.45) is 0 Å². The topological polar surface area (TPSA) is 12.9 Å². The number of aryl methyl sites for hydroxylation is 1. The van der Waals surface area contributed by atoms with Crippen molar-refractivity contribution in [3.05, 3.63) is 52.0 Å². The number of benzene rings is 1. The standard InChI is InChI=1S/C14H15Cl2NS/c1-11-2-4-12(5-3-11)14(9-15,10-16)8-13-17-6-7-18-13/h2-7H,8-10H2,1H3. The number of thiazole rings is 1. The van der Waals surface area contributed by atoms with E-state index in [1.807, 2.05) is 11.6 Å². The highest BCUT2D eigenvalue weighted by molar-refractivity contribution is 7.09. The second kappa shape index (κ2) is 6.05. The number of nitrogens with zero attached hydrogens (tertiary/aromatic N) is 1. The molecule has 0 saturated carbocycles. The van der Waals surface area contributed by atoms with Crippen molar-refractivity contribution in [2.45, 2.75) is 18.8 Å². The van der Waals surface area contributed by atoms with E-state index < -0.39 is 0 Å². The predicted molar refractivity (Wildman–Crippen MR) is 80.1 cm³/mol. The molecule has 1 nitrogen and oxygen atoms in total. The molecular weight excluding hydrogens is 285 g/mol.